The summed E-state index contributed by atoms with van der Waals surface area (Å²) in [4.78, 5) is 16.9. The molecular formula is C17H26N4O3S. The molecule has 1 unspecified atom stereocenters. The Balaban J connectivity index is 2.11. The summed E-state index contributed by atoms with van der Waals surface area (Å²) in [6.07, 6.45) is 1.67. The van der Waals surface area contributed by atoms with Crippen molar-refractivity contribution in [1.29, 1.82) is 0 Å². The van der Waals surface area contributed by atoms with Gasteiger partial charge in [-0.05, 0) is 31.9 Å². The Hall–Kier alpha value is -1.93. The molecule has 0 aliphatic carbocycles. The first-order chi connectivity index (χ1) is 11.8. The first-order valence-corrected chi connectivity index (χ1v) is 9.96. The number of rotatable bonds is 7. The number of hydrogen-bond acceptors (Lipinski definition) is 5. The van der Waals surface area contributed by atoms with Crippen LogP contribution in [0, 0.1) is 0 Å². The summed E-state index contributed by atoms with van der Waals surface area (Å²) in [5.41, 5.74) is 5.94. The van der Waals surface area contributed by atoms with E-state index in [1.165, 1.54) is 6.07 Å². The smallest absolute Gasteiger partial charge is 0.263 e. The lowest BCUT2D eigenvalue weighted by molar-refractivity contribution is -0.123. The van der Waals surface area contributed by atoms with Gasteiger partial charge in [-0.2, -0.15) is 0 Å². The van der Waals surface area contributed by atoms with Crippen LogP contribution < -0.4 is 15.8 Å². The lowest BCUT2D eigenvalue weighted by Gasteiger charge is -2.31. The average molecular weight is 366 g/mol. The molecule has 0 saturated heterocycles. The fourth-order valence-electron chi connectivity index (χ4n) is 2.88. The molecule has 0 spiro atoms. The molecule has 8 heteroatoms. The number of nitrogens with one attached hydrogen (secondary N) is 2. The van der Waals surface area contributed by atoms with Gasteiger partial charge in [-0.25, -0.2) is 8.42 Å². The van der Waals surface area contributed by atoms with E-state index in [9.17, 15) is 13.2 Å². The lowest BCUT2D eigenvalue weighted by Crippen LogP contribution is -2.53. The Labute approximate surface area is 149 Å². The van der Waals surface area contributed by atoms with Crippen LogP contribution in [0.3, 0.4) is 0 Å². The minimum absolute atomic E-state index is 0.139. The van der Waals surface area contributed by atoms with Crippen LogP contribution >= 0.6 is 0 Å². The van der Waals surface area contributed by atoms with Gasteiger partial charge in [0.25, 0.3) is 10.0 Å². The normalized spacial score (nSPS) is 18.5. The molecule has 1 aromatic carbocycles. The molecule has 0 radical (unpaired) electrons. The quantitative estimate of drug-likeness (QED) is 0.671. The number of amidine groups is 1. The second-order valence-electron chi connectivity index (χ2n) is 6.37. The first kappa shape index (κ1) is 19.4. The molecule has 1 aliphatic heterocycles. The van der Waals surface area contributed by atoms with E-state index < -0.39 is 15.6 Å². The van der Waals surface area contributed by atoms with Gasteiger partial charge in [-0.3, -0.25) is 14.5 Å². The Kier molecular flexibility index (Phi) is 5.84. The van der Waals surface area contributed by atoms with E-state index in [1.807, 2.05) is 13.8 Å². The van der Waals surface area contributed by atoms with Crippen LogP contribution in [-0.2, 0) is 14.8 Å². The molecule has 138 valence electrons. The van der Waals surface area contributed by atoms with Gasteiger partial charge in [0.2, 0.25) is 5.91 Å². The summed E-state index contributed by atoms with van der Waals surface area (Å²) in [6, 6.07) is 6.29. The van der Waals surface area contributed by atoms with Crippen molar-refractivity contribution in [3.63, 3.8) is 0 Å². The number of nitrogens with zero attached hydrogens (tertiary/aromatic N) is 1. The fraction of sp³-hybridized carbons (Fsp3) is 0.529. The van der Waals surface area contributed by atoms with Crippen LogP contribution in [0.5, 0.6) is 0 Å². The van der Waals surface area contributed by atoms with Crippen LogP contribution in [0.25, 0.3) is 0 Å². The van der Waals surface area contributed by atoms with E-state index in [2.05, 4.69) is 15.0 Å². The van der Waals surface area contributed by atoms with Crippen LogP contribution in [-0.4, -0.2) is 38.3 Å². The second-order valence-corrected chi connectivity index (χ2v) is 8.02. The predicted molar refractivity (Wildman–Crippen MR) is 97.9 cm³/mol. The summed E-state index contributed by atoms with van der Waals surface area (Å²) in [7, 11) is -3.57. The Morgan fingerprint density at radius 3 is 2.56 bits per heavy atom. The van der Waals surface area contributed by atoms with Crippen molar-refractivity contribution < 1.29 is 13.2 Å². The van der Waals surface area contributed by atoms with Gasteiger partial charge in [0.15, 0.2) is 0 Å². The Morgan fingerprint density at radius 1 is 1.32 bits per heavy atom. The number of hydrogen-bond donors (Lipinski definition) is 3. The Morgan fingerprint density at radius 2 is 1.96 bits per heavy atom. The molecule has 0 aromatic heterocycles. The van der Waals surface area contributed by atoms with Crippen LogP contribution in [0.4, 0.5) is 0 Å². The highest BCUT2D eigenvalue weighted by Crippen LogP contribution is 2.23. The van der Waals surface area contributed by atoms with Gasteiger partial charge in [0.05, 0.1) is 16.5 Å². The van der Waals surface area contributed by atoms with Crippen LogP contribution in [0.2, 0.25) is 0 Å². The zero-order valence-corrected chi connectivity index (χ0v) is 15.7. The van der Waals surface area contributed by atoms with E-state index >= 15 is 0 Å². The van der Waals surface area contributed by atoms with Crippen LogP contribution in [0.15, 0.2) is 34.2 Å². The van der Waals surface area contributed by atoms with Gasteiger partial charge in [0.1, 0.15) is 5.84 Å². The first-order valence-electron chi connectivity index (χ1n) is 8.48. The van der Waals surface area contributed by atoms with Crippen molar-refractivity contribution in [2.75, 3.05) is 6.54 Å². The van der Waals surface area contributed by atoms with E-state index in [0.29, 0.717) is 12.1 Å². The van der Waals surface area contributed by atoms with Gasteiger partial charge >= 0.3 is 0 Å². The monoisotopic (exact) mass is 366 g/mol. The van der Waals surface area contributed by atoms with Crippen molar-refractivity contribution in [1.82, 2.24) is 10.0 Å². The summed E-state index contributed by atoms with van der Waals surface area (Å²) in [6.45, 7) is 6.14. The molecule has 1 aliphatic rings. The van der Waals surface area contributed by atoms with E-state index in [0.717, 1.165) is 12.8 Å². The average Bonchev–Trinajstić information content (AvgIpc) is 2.83. The summed E-state index contributed by atoms with van der Waals surface area (Å²) >= 11 is 0. The number of sulfonamides is 1. The molecule has 0 bridgehead atoms. The third-order valence-corrected chi connectivity index (χ3v) is 6.04. The number of aliphatic imine (C=N–C) groups is 1. The molecule has 25 heavy (non-hydrogen) atoms. The lowest BCUT2D eigenvalue weighted by atomic mass is 9.92. The summed E-state index contributed by atoms with van der Waals surface area (Å²) in [5, 5.41) is 3.00. The molecule has 0 fully saturated rings. The Bertz CT molecular complexity index is 762. The van der Waals surface area contributed by atoms with Gasteiger partial charge < -0.3 is 11.1 Å². The van der Waals surface area contributed by atoms with Crippen molar-refractivity contribution in [3.8, 4) is 0 Å². The minimum Gasteiger partial charge on any atom is -0.349 e. The zero-order valence-electron chi connectivity index (χ0n) is 14.9. The van der Waals surface area contributed by atoms with Gasteiger partial charge in [0, 0.05) is 18.5 Å². The van der Waals surface area contributed by atoms with Crippen molar-refractivity contribution in [3.05, 3.63) is 29.8 Å². The SMILES string of the molecule is CCC(CC)(CN)NC(=O)CC(C)N=C1NS(=O)(=O)c2ccccc21. The molecule has 4 N–H and O–H groups in total. The molecule has 1 amide bonds. The maximum Gasteiger partial charge on any atom is 0.263 e. The highest BCUT2D eigenvalue weighted by molar-refractivity contribution is 7.90. The molecule has 1 heterocycles. The molecule has 7 nitrogen and oxygen atoms in total. The van der Waals surface area contributed by atoms with Gasteiger partial charge in [-0.15, -0.1) is 0 Å². The number of amides is 1. The molecule has 0 saturated carbocycles. The fourth-order valence-corrected chi connectivity index (χ4v) is 4.12. The maximum atomic E-state index is 12.3. The zero-order chi connectivity index (χ0) is 18.7. The topological polar surface area (TPSA) is 114 Å². The highest BCUT2D eigenvalue weighted by Gasteiger charge is 2.31. The molecule has 1 atom stereocenters. The largest absolute Gasteiger partial charge is 0.349 e. The molecule has 2 rings (SSSR count). The van der Waals surface area contributed by atoms with Crippen LogP contribution in [0.1, 0.15) is 45.6 Å². The van der Waals surface area contributed by atoms with E-state index in [1.54, 1.807) is 25.1 Å². The van der Waals surface area contributed by atoms with Crippen molar-refractivity contribution >= 4 is 21.8 Å². The summed E-state index contributed by atoms with van der Waals surface area (Å²) < 4.78 is 26.6. The number of fused-ring (bicyclic) bond motifs is 1. The maximum absolute atomic E-state index is 12.3. The number of carbonyl (C=O) groups excluding carboxylic acids is 1. The number of nitrogens with two attached hydrogens (primary N) is 1. The van der Waals surface area contributed by atoms with Crippen molar-refractivity contribution in [2.24, 2.45) is 10.7 Å². The highest BCUT2D eigenvalue weighted by atomic mass is 32.2. The third-order valence-electron chi connectivity index (χ3n) is 4.64. The van der Waals surface area contributed by atoms with Gasteiger partial charge in [-0.1, -0.05) is 26.0 Å². The van der Waals surface area contributed by atoms with Crippen molar-refractivity contribution in [2.45, 2.75) is 56.5 Å². The standard InChI is InChI=1S/C17H26N4O3S/c1-4-17(5-2,11-18)20-15(22)10-12(3)19-16-13-8-6-7-9-14(13)25(23,24)21-16/h6-9,12H,4-5,10-11,18H2,1-3H3,(H,19,21)(H,20,22). The predicted octanol–water partition coefficient (Wildman–Crippen LogP) is 1.14. The third kappa shape index (κ3) is 4.19. The number of benzene rings is 1. The second kappa shape index (κ2) is 7.53. The summed E-state index contributed by atoms with van der Waals surface area (Å²) in [5.74, 6) is 0.145. The molecular weight excluding hydrogens is 340 g/mol. The van der Waals surface area contributed by atoms with E-state index in [4.69, 9.17) is 5.73 Å². The minimum atomic E-state index is -3.57. The molecule has 1 aromatic rings. The number of carbonyl (C=O) groups is 1. The van der Waals surface area contributed by atoms with E-state index in [-0.39, 0.29) is 29.1 Å².